The summed E-state index contributed by atoms with van der Waals surface area (Å²) in [6.07, 6.45) is 1.01. The van der Waals surface area contributed by atoms with Gasteiger partial charge in [-0.05, 0) is 25.7 Å². The second-order valence-corrected chi connectivity index (χ2v) is 5.42. The van der Waals surface area contributed by atoms with Gasteiger partial charge in [0.15, 0.2) is 0 Å². The third-order valence-electron chi connectivity index (χ3n) is 3.19. The summed E-state index contributed by atoms with van der Waals surface area (Å²) in [6, 6.07) is 0. The molecule has 5 nitrogen and oxygen atoms in total. The molecule has 0 saturated heterocycles. The van der Waals surface area contributed by atoms with Crippen LogP contribution in [0.5, 0.6) is 0 Å². The van der Waals surface area contributed by atoms with Crippen molar-refractivity contribution >= 4 is 11.5 Å². The molecule has 3 N–H and O–H groups in total. The molecular formula is C13H26N4O. The Morgan fingerprint density at radius 2 is 2.11 bits per heavy atom. The first kappa shape index (κ1) is 14.8. The van der Waals surface area contributed by atoms with Gasteiger partial charge in [0.2, 0.25) is 0 Å². The fraction of sp³-hybridized carbons (Fsp3) is 0.769. The van der Waals surface area contributed by atoms with Crippen molar-refractivity contribution in [2.45, 2.75) is 40.7 Å². The zero-order valence-corrected chi connectivity index (χ0v) is 12.2. The molecule has 0 aliphatic heterocycles. The number of nitrogen functional groups attached to an aromatic ring is 1. The molecule has 0 aliphatic carbocycles. The summed E-state index contributed by atoms with van der Waals surface area (Å²) in [5.74, 6) is 0.931. The number of nitrogens with zero attached hydrogens (tertiary/aromatic N) is 2. The number of anilines is 2. The maximum absolute atomic E-state index is 6.04. The number of aromatic nitrogens is 2. The third kappa shape index (κ3) is 3.63. The Balaban J connectivity index is 2.68. The molecule has 1 rings (SSSR count). The van der Waals surface area contributed by atoms with E-state index in [4.69, 9.17) is 10.5 Å². The van der Waals surface area contributed by atoms with Crippen molar-refractivity contribution in [1.82, 2.24) is 9.78 Å². The molecule has 0 fully saturated rings. The molecule has 0 saturated carbocycles. The minimum Gasteiger partial charge on any atom is -0.394 e. The zero-order chi connectivity index (χ0) is 13.8. The minimum absolute atomic E-state index is 0.166. The minimum atomic E-state index is 0.166. The van der Waals surface area contributed by atoms with Gasteiger partial charge in [-0.15, -0.1) is 0 Å². The van der Waals surface area contributed by atoms with Crippen LogP contribution in [0.2, 0.25) is 0 Å². The number of methoxy groups -OCH3 is 1. The Kier molecular flexibility index (Phi) is 5.02. The monoisotopic (exact) mass is 254 g/mol. The van der Waals surface area contributed by atoms with Crippen LogP contribution in [-0.4, -0.2) is 30.0 Å². The van der Waals surface area contributed by atoms with Gasteiger partial charge in [-0.25, -0.2) is 4.68 Å². The normalized spacial score (nSPS) is 11.8. The van der Waals surface area contributed by atoms with Gasteiger partial charge < -0.3 is 15.8 Å². The first-order valence-electron chi connectivity index (χ1n) is 6.47. The highest BCUT2D eigenvalue weighted by Crippen LogP contribution is 2.26. The van der Waals surface area contributed by atoms with E-state index in [0.29, 0.717) is 0 Å². The summed E-state index contributed by atoms with van der Waals surface area (Å²) in [5.41, 5.74) is 7.84. The van der Waals surface area contributed by atoms with Crippen LogP contribution >= 0.6 is 0 Å². The molecule has 0 aliphatic rings. The van der Waals surface area contributed by atoms with Crippen molar-refractivity contribution in [2.24, 2.45) is 5.41 Å². The maximum Gasteiger partial charge on any atom is 0.148 e. The first-order chi connectivity index (χ1) is 8.41. The predicted octanol–water partition coefficient (Wildman–Crippen LogP) is 2.27. The van der Waals surface area contributed by atoms with E-state index in [9.17, 15) is 0 Å². The Morgan fingerprint density at radius 1 is 1.44 bits per heavy atom. The fourth-order valence-corrected chi connectivity index (χ4v) is 1.80. The van der Waals surface area contributed by atoms with E-state index in [1.165, 1.54) is 0 Å². The SMILES string of the molecule is CCn1nc(C)c(N)c1NCC(C)(C)CCOC. The van der Waals surface area contributed by atoms with Crippen LogP contribution in [0.25, 0.3) is 0 Å². The van der Waals surface area contributed by atoms with Crippen molar-refractivity contribution in [3.8, 4) is 0 Å². The van der Waals surface area contributed by atoms with Crippen LogP contribution in [0.1, 0.15) is 32.9 Å². The molecule has 0 unspecified atom stereocenters. The molecule has 1 aromatic heterocycles. The molecule has 0 amide bonds. The second-order valence-electron chi connectivity index (χ2n) is 5.42. The van der Waals surface area contributed by atoms with Gasteiger partial charge in [0.05, 0.1) is 11.4 Å². The maximum atomic E-state index is 6.04. The molecule has 5 heteroatoms. The standard InChI is InChI=1S/C13H26N4O/c1-6-17-12(11(14)10(2)16-17)15-9-13(3,4)7-8-18-5/h15H,6-9,14H2,1-5H3. The molecule has 1 heterocycles. The molecular weight excluding hydrogens is 228 g/mol. The number of hydrogen-bond acceptors (Lipinski definition) is 4. The summed E-state index contributed by atoms with van der Waals surface area (Å²) >= 11 is 0. The van der Waals surface area contributed by atoms with Crippen LogP contribution in [0, 0.1) is 12.3 Å². The lowest BCUT2D eigenvalue weighted by Crippen LogP contribution is -2.26. The Bertz CT molecular complexity index is 385. The molecule has 104 valence electrons. The van der Waals surface area contributed by atoms with Crippen molar-refractivity contribution in [1.29, 1.82) is 0 Å². The lowest BCUT2D eigenvalue weighted by Gasteiger charge is -2.25. The van der Waals surface area contributed by atoms with Gasteiger partial charge >= 0.3 is 0 Å². The van der Waals surface area contributed by atoms with Gasteiger partial charge in [-0.3, -0.25) is 0 Å². The summed E-state index contributed by atoms with van der Waals surface area (Å²) < 4.78 is 7.05. The van der Waals surface area contributed by atoms with Crippen molar-refractivity contribution in [3.63, 3.8) is 0 Å². The smallest absolute Gasteiger partial charge is 0.148 e. The highest BCUT2D eigenvalue weighted by atomic mass is 16.5. The van der Waals surface area contributed by atoms with Gasteiger partial charge in [0.1, 0.15) is 5.82 Å². The lowest BCUT2D eigenvalue weighted by molar-refractivity contribution is 0.157. The number of ether oxygens (including phenoxy) is 1. The van der Waals surface area contributed by atoms with Gasteiger partial charge in [0.25, 0.3) is 0 Å². The Labute approximate surface area is 110 Å². The van der Waals surface area contributed by atoms with E-state index in [1.807, 2.05) is 11.6 Å². The zero-order valence-electron chi connectivity index (χ0n) is 12.2. The summed E-state index contributed by atoms with van der Waals surface area (Å²) in [7, 11) is 1.73. The molecule has 1 aromatic rings. The average molecular weight is 254 g/mol. The Hall–Kier alpha value is -1.23. The molecule has 0 aromatic carbocycles. The summed E-state index contributed by atoms with van der Waals surface area (Å²) in [5, 5.41) is 7.82. The van der Waals surface area contributed by atoms with Crippen LogP contribution in [-0.2, 0) is 11.3 Å². The van der Waals surface area contributed by atoms with Crippen LogP contribution in [0.3, 0.4) is 0 Å². The fourth-order valence-electron chi connectivity index (χ4n) is 1.80. The first-order valence-corrected chi connectivity index (χ1v) is 6.47. The second kappa shape index (κ2) is 6.09. The predicted molar refractivity (Wildman–Crippen MR) is 75.8 cm³/mol. The van der Waals surface area contributed by atoms with E-state index in [0.717, 1.165) is 43.3 Å². The molecule has 18 heavy (non-hydrogen) atoms. The van der Waals surface area contributed by atoms with Crippen LogP contribution in [0.4, 0.5) is 11.5 Å². The summed E-state index contributed by atoms with van der Waals surface area (Å²) in [4.78, 5) is 0. The molecule has 0 atom stereocenters. The van der Waals surface area contributed by atoms with Gasteiger partial charge in [-0.1, -0.05) is 13.8 Å². The highest BCUT2D eigenvalue weighted by molar-refractivity contribution is 5.64. The van der Waals surface area contributed by atoms with Gasteiger partial charge in [0, 0.05) is 26.8 Å². The Morgan fingerprint density at radius 3 is 2.67 bits per heavy atom. The highest BCUT2D eigenvalue weighted by Gasteiger charge is 2.19. The third-order valence-corrected chi connectivity index (χ3v) is 3.19. The molecule has 0 bridgehead atoms. The van der Waals surface area contributed by atoms with Crippen molar-refractivity contribution in [3.05, 3.63) is 5.69 Å². The van der Waals surface area contributed by atoms with Crippen molar-refractivity contribution in [2.75, 3.05) is 31.3 Å². The quantitative estimate of drug-likeness (QED) is 0.783. The molecule has 0 radical (unpaired) electrons. The lowest BCUT2D eigenvalue weighted by atomic mass is 9.90. The largest absolute Gasteiger partial charge is 0.394 e. The number of rotatable bonds is 7. The van der Waals surface area contributed by atoms with Crippen LogP contribution in [0.15, 0.2) is 0 Å². The number of hydrogen-bond donors (Lipinski definition) is 2. The topological polar surface area (TPSA) is 65.1 Å². The van der Waals surface area contributed by atoms with Crippen molar-refractivity contribution < 1.29 is 4.74 Å². The van der Waals surface area contributed by atoms with Gasteiger partial charge in [-0.2, -0.15) is 5.10 Å². The number of nitrogens with one attached hydrogen (secondary N) is 1. The van der Waals surface area contributed by atoms with E-state index in [2.05, 4.69) is 31.2 Å². The summed E-state index contributed by atoms with van der Waals surface area (Å²) in [6.45, 7) is 10.9. The van der Waals surface area contributed by atoms with Crippen LogP contribution < -0.4 is 11.1 Å². The van der Waals surface area contributed by atoms with E-state index in [1.54, 1.807) is 7.11 Å². The molecule has 0 spiro atoms. The van der Waals surface area contributed by atoms with E-state index >= 15 is 0 Å². The number of aryl methyl sites for hydroxylation is 2. The van der Waals surface area contributed by atoms with E-state index < -0.39 is 0 Å². The number of nitrogens with two attached hydrogens (primary N) is 1. The van der Waals surface area contributed by atoms with E-state index in [-0.39, 0.29) is 5.41 Å². The average Bonchev–Trinajstić information content (AvgIpc) is 2.60.